The highest BCUT2D eigenvalue weighted by Gasteiger charge is 2.21. The molecule has 1 aliphatic carbocycles. The number of benzene rings is 1. The minimum Gasteiger partial charge on any atom is -0.478 e. The number of carboxylic acid groups (broad SMARTS) is 1. The largest absolute Gasteiger partial charge is 0.478 e. The summed E-state index contributed by atoms with van der Waals surface area (Å²) in [5.74, 6) is -0.803. The molecule has 0 spiro atoms. The van der Waals surface area contributed by atoms with Gasteiger partial charge < -0.3 is 5.11 Å². The molecule has 2 nitrogen and oxygen atoms in total. The highest BCUT2D eigenvalue weighted by atomic mass is 35.5. The fraction of sp³-hybridized carbons (Fsp3) is 0.308. The van der Waals surface area contributed by atoms with E-state index in [9.17, 15) is 4.79 Å². The third-order valence-corrected chi connectivity index (χ3v) is 3.25. The van der Waals surface area contributed by atoms with E-state index in [4.69, 9.17) is 16.7 Å². The lowest BCUT2D eigenvalue weighted by atomic mass is 9.84. The van der Waals surface area contributed by atoms with Gasteiger partial charge in [-0.05, 0) is 48.1 Å². The zero-order chi connectivity index (χ0) is 11.7. The first kappa shape index (κ1) is 11.2. The first-order valence-corrected chi connectivity index (χ1v) is 5.75. The van der Waals surface area contributed by atoms with Gasteiger partial charge in [-0.3, -0.25) is 0 Å². The maximum Gasteiger partial charge on any atom is 0.331 e. The van der Waals surface area contributed by atoms with Gasteiger partial charge >= 0.3 is 5.97 Å². The molecule has 0 heterocycles. The van der Waals surface area contributed by atoms with Crippen LogP contribution in [0.3, 0.4) is 0 Å². The fourth-order valence-electron chi connectivity index (χ4n) is 2.26. The van der Waals surface area contributed by atoms with Gasteiger partial charge in [0.1, 0.15) is 0 Å². The summed E-state index contributed by atoms with van der Waals surface area (Å²) in [5.41, 5.74) is 3.68. The smallest absolute Gasteiger partial charge is 0.331 e. The monoisotopic (exact) mass is 236 g/mol. The van der Waals surface area contributed by atoms with Crippen molar-refractivity contribution in [3.63, 3.8) is 0 Å². The van der Waals surface area contributed by atoms with Crippen molar-refractivity contribution in [3.05, 3.63) is 39.9 Å². The Labute approximate surface area is 99.5 Å². The van der Waals surface area contributed by atoms with Crippen LogP contribution in [0.15, 0.2) is 23.8 Å². The molecule has 1 N–H and O–H groups in total. The maximum atomic E-state index is 11.1. The van der Waals surface area contributed by atoms with Crippen LogP contribution in [0, 0.1) is 0 Å². The molecule has 0 bridgehead atoms. The van der Waals surface area contributed by atoms with Crippen molar-refractivity contribution in [1.29, 1.82) is 0 Å². The molecule has 2 rings (SSSR count). The zero-order valence-electron chi connectivity index (χ0n) is 9.09. The van der Waals surface area contributed by atoms with Gasteiger partial charge in [0.05, 0.1) is 0 Å². The Morgan fingerprint density at radius 2 is 2.19 bits per heavy atom. The Kier molecular flexibility index (Phi) is 3.01. The quantitative estimate of drug-likeness (QED) is 0.853. The van der Waals surface area contributed by atoms with Crippen LogP contribution in [0.2, 0.25) is 5.02 Å². The fourth-order valence-corrected chi connectivity index (χ4v) is 2.43. The van der Waals surface area contributed by atoms with Crippen LogP contribution >= 0.6 is 11.6 Å². The SMILES string of the molecule is CCC1=C(C(=O)O)CCc2ccc(Cl)cc21. The van der Waals surface area contributed by atoms with Crippen LogP contribution in [0.1, 0.15) is 30.9 Å². The summed E-state index contributed by atoms with van der Waals surface area (Å²) in [6.07, 6.45) is 2.14. The lowest BCUT2D eigenvalue weighted by Gasteiger charge is -2.20. The van der Waals surface area contributed by atoms with E-state index in [-0.39, 0.29) is 0 Å². The number of carboxylic acids is 1. The first-order valence-electron chi connectivity index (χ1n) is 5.37. The highest BCUT2D eigenvalue weighted by molar-refractivity contribution is 6.30. The number of allylic oxidation sites excluding steroid dienone is 1. The molecule has 3 heteroatoms. The molecule has 0 saturated carbocycles. The van der Waals surface area contributed by atoms with E-state index < -0.39 is 5.97 Å². The van der Waals surface area contributed by atoms with Crippen LogP contribution in [-0.4, -0.2) is 11.1 Å². The molecule has 0 amide bonds. The van der Waals surface area contributed by atoms with E-state index in [2.05, 4.69) is 0 Å². The lowest BCUT2D eigenvalue weighted by molar-refractivity contribution is -0.132. The Morgan fingerprint density at radius 1 is 1.44 bits per heavy atom. The number of carbonyl (C=O) groups is 1. The van der Waals surface area contributed by atoms with E-state index in [0.717, 1.165) is 24.0 Å². The molecule has 0 saturated heterocycles. The predicted octanol–water partition coefficient (Wildman–Crippen LogP) is 3.53. The number of rotatable bonds is 2. The minimum atomic E-state index is -0.803. The lowest BCUT2D eigenvalue weighted by Crippen LogP contribution is -2.11. The van der Waals surface area contributed by atoms with E-state index in [1.54, 1.807) is 0 Å². The summed E-state index contributed by atoms with van der Waals surface area (Å²) in [4.78, 5) is 11.1. The number of aliphatic carboxylic acids is 1. The molecule has 0 aliphatic heterocycles. The predicted molar refractivity (Wildman–Crippen MR) is 64.6 cm³/mol. The second kappa shape index (κ2) is 4.30. The van der Waals surface area contributed by atoms with Crippen LogP contribution < -0.4 is 0 Å². The van der Waals surface area contributed by atoms with Gasteiger partial charge in [-0.2, -0.15) is 0 Å². The zero-order valence-corrected chi connectivity index (χ0v) is 9.84. The number of halogens is 1. The second-order valence-electron chi connectivity index (χ2n) is 3.92. The summed E-state index contributed by atoms with van der Waals surface area (Å²) in [6.45, 7) is 1.98. The molecule has 0 fully saturated rings. The molecule has 0 unspecified atom stereocenters. The van der Waals surface area contributed by atoms with E-state index in [1.165, 1.54) is 5.56 Å². The summed E-state index contributed by atoms with van der Waals surface area (Å²) in [6, 6.07) is 5.73. The van der Waals surface area contributed by atoms with Crippen molar-refractivity contribution in [2.75, 3.05) is 0 Å². The Balaban J connectivity index is 2.61. The first-order chi connectivity index (χ1) is 7.63. The van der Waals surface area contributed by atoms with Gasteiger partial charge in [0.2, 0.25) is 0 Å². The van der Waals surface area contributed by atoms with Crippen molar-refractivity contribution in [2.45, 2.75) is 26.2 Å². The van der Waals surface area contributed by atoms with Crippen LogP contribution in [0.5, 0.6) is 0 Å². The molecule has 1 aliphatic rings. The maximum absolute atomic E-state index is 11.1. The third kappa shape index (κ3) is 1.85. The average molecular weight is 237 g/mol. The number of hydrogen-bond acceptors (Lipinski definition) is 1. The molecule has 0 radical (unpaired) electrons. The Bertz CT molecular complexity index is 475. The molecule has 1 aromatic rings. The Hall–Kier alpha value is -1.28. The topological polar surface area (TPSA) is 37.3 Å². The molecule has 0 atom stereocenters. The van der Waals surface area contributed by atoms with Gasteiger partial charge in [-0.1, -0.05) is 24.6 Å². The van der Waals surface area contributed by atoms with Crippen molar-refractivity contribution >= 4 is 23.1 Å². The number of fused-ring (bicyclic) bond motifs is 1. The van der Waals surface area contributed by atoms with Crippen molar-refractivity contribution in [2.24, 2.45) is 0 Å². The van der Waals surface area contributed by atoms with E-state index in [1.807, 2.05) is 25.1 Å². The van der Waals surface area contributed by atoms with Crippen molar-refractivity contribution in [3.8, 4) is 0 Å². The molecular weight excluding hydrogens is 224 g/mol. The van der Waals surface area contributed by atoms with Crippen LogP contribution in [0.4, 0.5) is 0 Å². The average Bonchev–Trinajstić information content (AvgIpc) is 2.27. The molecule has 1 aromatic carbocycles. The van der Waals surface area contributed by atoms with E-state index in [0.29, 0.717) is 17.0 Å². The number of hydrogen-bond donors (Lipinski definition) is 1. The second-order valence-corrected chi connectivity index (χ2v) is 4.35. The van der Waals surface area contributed by atoms with Crippen molar-refractivity contribution in [1.82, 2.24) is 0 Å². The third-order valence-electron chi connectivity index (χ3n) is 3.02. The standard InChI is InChI=1S/C13H13ClO2/c1-2-10-11(13(15)16)6-4-8-3-5-9(14)7-12(8)10/h3,5,7H,2,4,6H2,1H3,(H,15,16). The summed E-state index contributed by atoms with van der Waals surface area (Å²) in [5, 5.41) is 9.81. The van der Waals surface area contributed by atoms with Crippen molar-refractivity contribution < 1.29 is 9.90 Å². The Morgan fingerprint density at radius 3 is 2.81 bits per heavy atom. The highest BCUT2D eigenvalue weighted by Crippen LogP contribution is 2.34. The normalized spacial score (nSPS) is 14.9. The summed E-state index contributed by atoms with van der Waals surface area (Å²) in [7, 11) is 0. The van der Waals surface area contributed by atoms with Gasteiger partial charge in [0.25, 0.3) is 0 Å². The minimum absolute atomic E-state index is 0.539. The van der Waals surface area contributed by atoms with Gasteiger partial charge in [-0.25, -0.2) is 4.79 Å². The van der Waals surface area contributed by atoms with Gasteiger partial charge in [0, 0.05) is 10.6 Å². The van der Waals surface area contributed by atoms with E-state index >= 15 is 0 Å². The summed E-state index contributed by atoms with van der Waals surface area (Å²) < 4.78 is 0. The van der Waals surface area contributed by atoms with Gasteiger partial charge in [-0.15, -0.1) is 0 Å². The number of aryl methyl sites for hydroxylation is 1. The van der Waals surface area contributed by atoms with Crippen LogP contribution in [-0.2, 0) is 11.2 Å². The molecule has 16 heavy (non-hydrogen) atoms. The van der Waals surface area contributed by atoms with Gasteiger partial charge in [0.15, 0.2) is 0 Å². The summed E-state index contributed by atoms with van der Waals surface area (Å²) >= 11 is 5.96. The molecular formula is C13H13ClO2. The molecule has 84 valence electrons. The van der Waals surface area contributed by atoms with Crippen LogP contribution in [0.25, 0.3) is 5.57 Å². The molecule has 0 aromatic heterocycles.